The van der Waals surface area contributed by atoms with Gasteiger partial charge in [-0.05, 0) is 25.0 Å². The Morgan fingerprint density at radius 2 is 2.14 bits per heavy atom. The first-order chi connectivity index (χ1) is 10.2. The van der Waals surface area contributed by atoms with Crippen molar-refractivity contribution >= 4 is 16.3 Å². The molecule has 0 aliphatic heterocycles. The van der Waals surface area contributed by atoms with Crippen molar-refractivity contribution in [1.82, 2.24) is 14.6 Å². The molecule has 0 fully saturated rings. The lowest BCUT2D eigenvalue weighted by Gasteiger charge is -2.07. The highest BCUT2D eigenvalue weighted by atomic mass is 32.1. The molecule has 0 aliphatic rings. The SMILES string of the molecule is CCc1nn2c(=O)cc(COc3ccccc3C)nc2s1. The lowest BCUT2D eigenvalue weighted by Crippen LogP contribution is -2.16. The first kappa shape index (κ1) is 13.8. The number of fused-ring (bicyclic) bond motifs is 1. The van der Waals surface area contributed by atoms with E-state index in [-0.39, 0.29) is 12.2 Å². The molecule has 0 saturated heterocycles. The van der Waals surface area contributed by atoms with Crippen molar-refractivity contribution in [3.8, 4) is 5.75 Å². The Bertz CT molecular complexity index is 838. The summed E-state index contributed by atoms with van der Waals surface area (Å²) >= 11 is 1.44. The molecule has 0 aliphatic carbocycles. The monoisotopic (exact) mass is 301 g/mol. The van der Waals surface area contributed by atoms with Crippen LogP contribution in [0.2, 0.25) is 0 Å². The van der Waals surface area contributed by atoms with Crippen LogP contribution < -0.4 is 10.3 Å². The van der Waals surface area contributed by atoms with E-state index in [1.807, 2.05) is 38.1 Å². The number of benzene rings is 1. The molecule has 21 heavy (non-hydrogen) atoms. The molecule has 2 heterocycles. The highest BCUT2D eigenvalue weighted by Gasteiger charge is 2.08. The van der Waals surface area contributed by atoms with E-state index in [1.165, 1.54) is 21.9 Å². The van der Waals surface area contributed by atoms with E-state index in [0.717, 1.165) is 22.7 Å². The molecule has 0 spiro atoms. The number of rotatable bonds is 4. The summed E-state index contributed by atoms with van der Waals surface area (Å²) in [5.74, 6) is 0.804. The quantitative estimate of drug-likeness (QED) is 0.743. The Morgan fingerprint density at radius 1 is 1.33 bits per heavy atom. The van der Waals surface area contributed by atoms with E-state index in [4.69, 9.17) is 4.74 Å². The fraction of sp³-hybridized carbons (Fsp3) is 0.267. The maximum atomic E-state index is 12.0. The maximum Gasteiger partial charge on any atom is 0.275 e. The molecule has 0 unspecified atom stereocenters. The van der Waals surface area contributed by atoms with E-state index < -0.39 is 0 Å². The predicted molar refractivity (Wildman–Crippen MR) is 82.0 cm³/mol. The third kappa shape index (κ3) is 2.80. The normalized spacial score (nSPS) is 11.0. The van der Waals surface area contributed by atoms with Crippen molar-refractivity contribution in [2.75, 3.05) is 0 Å². The van der Waals surface area contributed by atoms with Gasteiger partial charge in [-0.25, -0.2) is 4.98 Å². The van der Waals surface area contributed by atoms with Gasteiger partial charge in [-0.1, -0.05) is 36.5 Å². The van der Waals surface area contributed by atoms with Crippen LogP contribution in [0.25, 0.3) is 4.96 Å². The topological polar surface area (TPSA) is 56.5 Å². The molecule has 1 aromatic carbocycles. The molecule has 0 bridgehead atoms. The summed E-state index contributed by atoms with van der Waals surface area (Å²) < 4.78 is 7.08. The molecule has 0 amide bonds. The zero-order valence-electron chi connectivity index (χ0n) is 11.9. The van der Waals surface area contributed by atoms with E-state index in [2.05, 4.69) is 10.1 Å². The molecule has 3 aromatic rings. The number of para-hydroxylation sites is 1. The van der Waals surface area contributed by atoms with Crippen LogP contribution in [0.4, 0.5) is 0 Å². The lowest BCUT2D eigenvalue weighted by molar-refractivity contribution is 0.299. The minimum Gasteiger partial charge on any atom is -0.487 e. The van der Waals surface area contributed by atoms with Crippen molar-refractivity contribution in [2.24, 2.45) is 0 Å². The summed E-state index contributed by atoms with van der Waals surface area (Å²) in [5, 5.41) is 5.12. The van der Waals surface area contributed by atoms with Gasteiger partial charge in [0.15, 0.2) is 0 Å². The fourth-order valence-corrected chi connectivity index (χ4v) is 2.84. The van der Waals surface area contributed by atoms with Crippen molar-refractivity contribution < 1.29 is 4.74 Å². The smallest absolute Gasteiger partial charge is 0.275 e. The summed E-state index contributed by atoms with van der Waals surface area (Å²) in [5.41, 5.74) is 1.51. The molecule has 0 radical (unpaired) electrons. The van der Waals surface area contributed by atoms with Gasteiger partial charge in [0, 0.05) is 6.07 Å². The van der Waals surface area contributed by atoms with Crippen LogP contribution in [-0.4, -0.2) is 14.6 Å². The molecule has 0 N–H and O–H groups in total. The van der Waals surface area contributed by atoms with Crippen molar-refractivity contribution in [3.05, 3.63) is 57.0 Å². The molecule has 2 aromatic heterocycles. The van der Waals surface area contributed by atoms with Crippen molar-refractivity contribution in [1.29, 1.82) is 0 Å². The second-order valence-electron chi connectivity index (χ2n) is 4.68. The molecule has 0 saturated carbocycles. The minimum atomic E-state index is -0.167. The van der Waals surface area contributed by atoms with Crippen LogP contribution in [0.3, 0.4) is 0 Å². The summed E-state index contributed by atoms with van der Waals surface area (Å²) in [6, 6.07) is 9.25. The standard InChI is InChI=1S/C15H15N3O2S/c1-3-13-17-18-14(19)8-11(16-15(18)21-13)9-20-12-7-5-4-6-10(12)2/h4-8H,3,9H2,1-2H3. The number of ether oxygens (including phenoxy) is 1. The zero-order chi connectivity index (χ0) is 14.8. The second-order valence-corrected chi connectivity index (χ2v) is 5.72. The van der Waals surface area contributed by atoms with E-state index in [1.54, 1.807) is 0 Å². The van der Waals surface area contributed by atoms with Gasteiger partial charge >= 0.3 is 0 Å². The molecule has 108 valence electrons. The minimum absolute atomic E-state index is 0.167. The van der Waals surface area contributed by atoms with Crippen LogP contribution >= 0.6 is 11.3 Å². The van der Waals surface area contributed by atoms with Gasteiger partial charge in [0.2, 0.25) is 4.96 Å². The number of nitrogens with zero attached hydrogens (tertiary/aromatic N) is 3. The highest BCUT2D eigenvalue weighted by Crippen LogP contribution is 2.18. The Labute approximate surface area is 125 Å². The molecule has 5 nitrogen and oxygen atoms in total. The van der Waals surface area contributed by atoms with Gasteiger partial charge in [0.05, 0.1) is 5.69 Å². The van der Waals surface area contributed by atoms with Crippen molar-refractivity contribution in [3.63, 3.8) is 0 Å². The third-order valence-electron chi connectivity index (χ3n) is 3.11. The molecular weight excluding hydrogens is 286 g/mol. The summed E-state index contributed by atoms with van der Waals surface area (Å²) in [7, 11) is 0. The lowest BCUT2D eigenvalue weighted by atomic mass is 10.2. The fourth-order valence-electron chi connectivity index (χ4n) is 1.98. The summed E-state index contributed by atoms with van der Waals surface area (Å²) in [6.45, 7) is 4.26. The molecule has 0 atom stereocenters. The second kappa shape index (κ2) is 5.65. The Balaban J connectivity index is 1.87. The number of hydrogen-bond acceptors (Lipinski definition) is 5. The number of hydrogen-bond donors (Lipinski definition) is 0. The van der Waals surface area contributed by atoms with Crippen LogP contribution in [0.5, 0.6) is 5.75 Å². The Morgan fingerprint density at radius 3 is 2.90 bits per heavy atom. The zero-order valence-corrected chi connectivity index (χ0v) is 12.7. The average Bonchev–Trinajstić information content (AvgIpc) is 2.90. The maximum absolute atomic E-state index is 12.0. The van der Waals surface area contributed by atoms with Gasteiger partial charge < -0.3 is 4.74 Å². The van der Waals surface area contributed by atoms with Crippen LogP contribution in [0.1, 0.15) is 23.2 Å². The molecular formula is C15H15N3O2S. The van der Waals surface area contributed by atoms with Crippen LogP contribution in [0, 0.1) is 6.92 Å². The van der Waals surface area contributed by atoms with Crippen LogP contribution in [-0.2, 0) is 13.0 Å². The number of aryl methyl sites for hydroxylation is 2. The first-order valence-electron chi connectivity index (χ1n) is 6.74. The Hall–Kier alpha value is -2.21. The number of aromatic nitrogens is 3. The van der Waals surface area contributed by atoms with Gasteiger partial charge in [-0.3, -0.25) is 4.79 Å². The first-order valence-corrected chi connectivity index (χ1v) is 7.56. The van der Waals surface area contributed by atoms with E-state index in [0.29, 0.717) is 10.7 Å². The summed E-state index contributed by atoms with van der Waals surface area (Å²) in [6.07, 6.45) is 0.794. The third-order valence-corrected chi connectivity index (χ3v) is 4.16. The van der Waals surface area contributed by atoms with Gasteiger partial charge in [0.1, 0.15) is 17.4 Å². The summed E-state index contributed by atoms with van der Waals surface area (Å²) in [4.78, 5) is 17.1. The van der Waals surface area contributed by atoms with E-state index >= 15 is 0 Å². The largest absolute Gasteiger partial charge is 0.487 e. The Kier molecular flexibility index (Phi) is 3.70. The van der Waals surface area contributed by atoms with Gasteiger partial charge in [0.25, 0.3) is 5.56 Å². The predicted octanol–water partition coefficient (Wildman–Crippen LogP) is 2.60. The molecule has 3 rings (SSSR count). The average molecular weight is 301 g/mol. The molecule has 6 heteroatoms. The van der Waals surface area contributed by atoms with Gasteiger partial charge in [-0.15, -0.1) is 0 Å². The highest BCUT2D eigenvalue weighted by molar-refractivity contribution is 7.16. The van der Waals surface area contributed by atoms with Gasteiger partial charge in [-0.2, -0.15) is 9.61 Å². The van der Waals surface area contributed by atoms with Crippen LogP contribution in [0.15, 0.2) is 35.1 Å². The van der Waals surface area contributed by atoms with Crippen molar-refractivity contribution in [2.45, 2.75) is 26.9 Å². The van der Waals surface area contributed by atoms with E-state index in [9.17, 15) is 4.79 Å².